The quantitative estimate of drug-likeness (QED) is 0.555. The van der Waals surface area contributed by atoms with Crippen LogP contribution in [-0.2, 0) is 0 Å². The van der Waals surface area contributed by atoms with Crippen LogP contribution in [0.25, 0.3) is 0 Å². The zero-order valence-corrected chi connectivity index (χ0v) is 16.7. The van der Waals surface area contributed by atoms with Gasteiger partial charge in [-0.05, 0) is 6.92 Å². The highest BCUT2D eigenvalue weighted by Crippen LogP contribution is 2.48. The van der Waals surface area contributed by atoms with Crippen molar-refractivity contribution in [1.82, 2.24) is 15.3 Å². The molecule has 1 saturated heterocycles. The number of thiazole rings is 1. The molecule has 3 atom stereocenters. The predicted octanol–water partition coefficient (Wildman–Crippen LogP) is 2.35. The average molecular weight is 445 g/mol. The number of amides is 1. The number of piperidine rings is 1. The maximum absolute atomic E-state index is 12.4. The summed E-state index contributed by atoms with van der Waals surface area (Å²) in [6.45, 7) is 2.83. The zero-order chi connectivity index (χ0) is 20.3. The number of rotatable bonds is 5. The highest BCUT2D eigenvalue weighted by Gasteiger charge is 2.57. The first-order valence-corrected chi connectivity index (χ1v) is 9.83. The van der Waals surface area contributed by atoms with Crippen LogP contribution in [0.15, 0.2) is 0 Å². The van der Waals surface area contributed by atoms with Crippen molar-refractivity contribution in [2.75, 3.05) is 18.0 Å². The molecular weight excluding hydrogens is 431 g/mol. The lowest BCUT2D eigenvalue weighted by atomic mass is 10.3. The van der Waals surface area contributed by atoms with Crippen molar-refractivity contribution in [2.45, 2.75) is 13.0 Å². The maximum atomic E-state index is 12.4. The monoisotopic (exact) mass is 444 g/mol. The number of carboxylic acid groups (broad SMARTS) is 2. The number of aromatic nitrogens is 2. The van der Waals surface area contributed by atoms with Gasteiger partial charge < -0.3 is 25.4 Å². The van der Waals surface area contributed by atoms with Gasteiger partial charge in [0.05, 0.1) is 10.0 Å². The first kappa shape index (κ1) is 19.0. The fraction of sp³-hybridized carbons (Fsp3) is 0.375. The molecule has 0 spiro atoms. The molecule has 2 fully saturated rings. The molecule has 4 N–H and O–H groups in total. The van der Waals surface area contributed by atoms with Crippen LogP contribution >= 0.6 is 34.5 Å². The second-order valence-corrected chi connectivity index (χ2v) is 8.50. The number of fused-ring (bicyclic) bond motifs is 1. The number of aromatic amines is 1. The standard InChI is InChI=1S/C16H14Cl2N4O5S/c1-4-7(17)8(18)10(19-4)13(23)20-9-5-2-22(3-6(5)9)16-21-11(14(24)25)12(28-16)15(26)27/h5-6,9,19H,2-3H2,1H3,(H,20,23)(H,24,25)(H,26,27)/t5-,6+,9+. The summed E-state index contributed by atoms with van der Waals surface area (Å²) < 4.78 is 0. The molecule has 28 heavy (non-hydrogen) atoms. The van der Waals surface area contributed by atoms with Crippen LogP contribution in [0.5, 0.6) is 0 Å². The summed E-state index contributed by atoms with van der Waals surface area (Å²) in [7, 11) is 0. The van der Waals surface area contributed by atoms with Crippen molar-refractivity contribution >= 4 is 57.5 Å². The number of halogens is 2. The molecule has 2 aliphatic rings. The number of nitrogens with one attached hydrogen (secondary N) is 2. The van der Waals surface area contributed by atoms with Crippen molar-refractivity contribution in [3.05, 3.63) is 32.0 Å². The lowest BCUT2D eigenvalue weighted by Crippen LogP contribution is -2.34. The van der Waals surface area contributed by atoms with Crippen LogP contribution in [0, 0.1) is 18.8 Å². The molecule has 1 aliphatic heterocycles. The van der Waals surface area contributed by atoms with Gasteiger partial charge in [-0.15, -0.1) is 0 Å². The van der Waals surface area contributed by atoms with E-state index in [0.29, 0.717) is 28.9 Å². The Morgan fingerprint density at radius 1 is 1.18 bits per heavy atom. The number of H-pyrrole nitrogens is 1. The molecule has 0 bridgehead atoms. The molecule has 12 heteroatoms. The number of carboxylic acids is 2. The van der Waals surface area contributed by atoms with Crippen LogP contribution in [0.3, 0.4) is 0 Å². The fourth-order valence-electron chi connectivity index (χ4n) is 3.58. The van der Waals surface area contributed by atoms with E-state index in [0.717, 1.165) is 11.3 Å². The third kappa shape index (κ3) is 3.01. The largest absolute Gasteiger partial charge is 0.477 e. The zero-order valence-electron chi connectivity index (χ0n) is 14.3. The molecule has 2 aromatic rings. The van der Waals surface area contributed by atoms with Crippen molar-refractivity contribution < 1.29 is 24.6 Å². The second-order valence-electron chi connectivity index (χ2n) is 6.77. The number of aromatic carboxylic acids is 2. The van der Waals surface area contributed by atoms with Gasteiger partial charge in [-0.25, -0.2) is 14.6 Å². The minimum Gasteiger partial charge on any atom is -0.477 e. The Hall–Kier alpha value is -2.30. The Labute approximate surface area is 172 Å². The summed E-state index contributed by atoms with van der Waals surface area (Å²) in [6, 6.07) is -0.0277. The summed E-state index contributed by atoms with van der Waals surface area (Å²) in [5.74, 6) is -2.65. The lowest BCUT2D eigenvalue weighted by molar-refractivity contribution is 0.0651. The summed E-state index contributed by atoms with van der Waals surface area (Å²) in [5, 5.41) is 22.1. The SMILES string of the molecule is Cc1[nH]c(C(=O)N[C@H]2[C@@H]3CN(c4nc(C(=O)O)c(C(=O)O)s4)C[C@@H]32)c(Cl)c1Cl. The van der Waals surface area contributed by atoms with E-state index in [1.54, 1.807) is 6.92 Å². The van der Waals surface area contributed by atoms with E-state index in [-0.39, 0.29) is 39.4 Å². The molecular formula is C16H14Cl2N4O5S. The third-order valence-corrected chi connectivity index (χ3v) is 7.11. The van der Waals surface area contributed by atoms with Crippen molar-refractivity contribution in [3.8, 4) is 0 Å². The number of anilines is 1. The van der Waals surface area contributed by atoms with Gasteiger partial charge in [-0.2, -0.15) is 0 Å². The fourth-order valence-corrected chi connectivity index (χ4v) is 4.91. The van der Waals surface area contributed by atoms with Gasteiger partial charge in [0.2, 0.25) is 0 Å². The van der Waals surface area contributed by atoms with Gasteiger partial charge in [0.15, 0.2) is 10.8 Å². The molecule has 9 nitrogen and oxygen atoms in total. The number of aryl methyl sites for hydroxylation is 1. The van der Waals surface area contributed by atoms with Crippen molar-refractivity contribution in [2.24, 2.45) is 11.8 Å². The van der Waals surface area contributed by atoms with E-state index in [1.807, 2.05) is 4.90 Å². The minimum absolute atomic E-state index is 0.0277. The summed E-state index contributed by atoms with van der Waals surface area (Å²) in [4.78, 5) is 43.2. The molecule has 2 aromatic heterocycles. The molecule has 1 saturated carbocycles. The summed E-state index contributed by atoms with van der Waals surface area (Å²) in [6.07, 6.45) is 0. The Balaban J connectivity index is 1.41. The van der Waals surface area contributed by atoms with E-state index >= 15 is 0 Å². The molecule has 148 valence electrons. The van der Waals surface area contributed by atoms with Gasteiger partial charge in [0.25, 0.3) is 5.91 Å². The highest BCUT2D eigenvalue weighted by atomic mass is 35.5. The average Bonchev–Trinajstić information content (AvgIpc) is 3.06. The Morgan fingerprint density at radius 2 is 1.82 bits per heavy atom. The topological polar surface area (TPSA) is 136 Å². The van der Waals surface area contributed by atoms with Gasteiger partial charge in [0.1, 0.15) is 10.6 Å². The predicted molar refractivity (Wildman–Crippen MR) is 102 cm³/mol. The van der Waals surface area contributed by atoms with E-state index in [2.05, 4.69) is 15.3 Å². The second kappa shape index (κ2) is 6.64. The number of nitrogens with zero attached hydrogens (tertiary/aromatic N) is 2. The van der Waals surface area contributed by atoms with E-state index in [9.17, 15) is 14.4 Å². The molecule has 1 aliphatic carbocycles. The van der Waals surface area contributed by atoms with Gasteiger partial charge in [-0.1, -0.05) is 34.5 Å². The van der Waals surface area contributed by atoms with E-state index in [4.69, 9.17) is 33.4 Å². The first-order chi connectivity index (χ1) is 13.2. The highest BCUT2D eigenvalue weighted by molar-refractivity contribution is 7.17. The number of hydrogen-bond donors (Lipinski definition) is 4. The molecule has 0 radical (unpaired) electrons. The smallest absolute Gasteiger partial charge is 0.356 e. The third-order valence-electron chi connectivity index (χ3n) is 5.06. The molecule has 1 amide bonds. The first-order valence-electron chi connectivity index (χ1n) is 8.25. The summed E-state index contributed by atoms with van der Waals surface area (Å²) >= 11 is 12.9. The Morgan fingerprint density at radius 3 is 2.29 bits per heavy atom. The summed E-state index contributed by atoms with van der Waals surface area (Å²) in [5.41, 5.74) is 0.390. The Bertz CT molecular complexity index is 976. The van der Waals surface area contributed by atoms with Crippen LogP contribution in [-0.4, -0.2) is 57.2 Å². The maximum Gasteiger partial charge on any atom is 0.356 e. The van der Waals surface area contributed by atoms with Gasteiger partial charge in [0, 0.05) is 36.7 Å². The van der Waals surface area contributed by atoms with E-state index in [1.165, 1.54) is 0 Å². The van der Waals surface area contributed by atoms with Crippen LogP contribution in [0.4, 0.5) is 5.13 Å². The lowest BCUT2D eigenvalue weighted by Gasteiger charge is -2.19. The molecule has 0 unspecified atom stereocenters. The van der Waals surface area contributed by atoms with Crippen molar-refractivity contribution in [1.29, 1.82) is 0 Å². The number of carbonyl (C=O) groups excluding carboxylic acids is 1. The van der Waals surface area contributed by atoms with Gasteiger partial charge in [-0.3, -0.25) is 4.79 Å². The molecule has 0 aromatic carbocycles. The Kier molecular flexibility index (Phi) is 4.52. The van der Waals surface area contributed by atoms with Crippen LogP contribution < -0.4 is 10.2 Å². The molecule has 4 rings (SSSR count). The van der Waals surface area contributed by atoms with Gasteiger partial charge >= 0.3 is 11.9 Å². The minimum atomic E-state index is -1.37. The van der Waals surface area contributed by atoms with Crippen molar-refractivity contribution in [3.63, 3.8) is 0 Å². The number of carbonyl (C=O) groups is 3. The molecule has 3 heterocycles. The number of hydrogen-bond acceptors (Lipinski definition) is 6. The van der Waals surface area contributed by atoms with Crippen LogP contribution in [0.2, 0.25) is 10.0 Å². The van der Waals surface area contributed by atoms with E-state index < -0.39 is 17.6 Å². The normalized spacial score (nSPS) is 22.8. The van der Waals surface area contributed by atoms with Crippen LogP contribution in [0.1, 0.15) is 36.3 Å².